The molecule has 26 heavy (non-hydrogen) atoms. The number of rotatable bonds is 4. The van der Waals surface area contributed by atoms with Crippen molar-refractivity contribution >= 4 is 32.8 Å². The second kappa shape index (κ2) is 6.37. The van der Waals surface area contributed by atoms with Crippen molar-refractivity contribution < 1.29 is 13.8 Å². The highest BCUT2D eigenvalue weighted by Crippen LogP contribution is 2.36. The molecule has 4 rings (SSSR count). The first-order valence-corrected chi connectivity index (χ1v) is 8.44. The molecule has 0 radical (unpaired) electrons. The first-order valence-electron chi connectivity index (χ1n) is 7.65. The van der Waals surface area contributed by atoms with Crippen LogP contribution in [0.25, 0.3) is 22.6 Å². The van der Waals surface area contributed by atoms with E-state index in [1.807, 2.05) is 11.5 Å². The van der Waals surface area contributed by atoms with E-state index >= 15 is 0 Å². The van der Waals surface area contributed by atoms with Crippen molar-refractivity contribution in [2.24, 2.45) is 0 Å². The van der Waals surface area contributed by atoms with Gasteiger partial charge in [0, 0.05) is 6.54 Å². The third-order valence-electron chi connectivity index (χ3n) is 3.76. The van der Waals surface area contributed by atoms with Gasteiger partial charge >= 0.3 is 0 Å². The zero-order chi connectivity index (χ0) is 18.3. The van der Waals surface area contributed by atoms with Gasteiger partial charge in [-0.15, -0.1) is 0 Å². The minimum absolute atomic E-state index is 0.155. The monoisotopic (exact) mass is 418 g/mol. The summed E-state index contributed by atoms with van der Waals surface area (Å²) in [5.41, 5.74) is 7.54. The van der Waals surface area contributed by atoms with Crippen LogP contribution >= 0.6 is 15.9 Å². The lowest BCUT2D eigenvalue weighted by Gasteiger charge is -2.09. The molecule has 0 amide bonds. The number of hydrogen-bond donors (Lipinski definition) is 1. The standard InChI is InChI=1S/C16H12BrFN6O2/c1-2-24-13-10(21-15(24)12-14(19)23-26-22-12)7-20-16(11(13)17)25-9-5-3-8(18)4-6-9/h3-7H,2H2,1H3,(H2,19,23). The maximum atomic E-state index is 13.1. The molecule has 0 aliphatic carbocycles. The number of ether oxygens (including phenoxy) is 1. The molecule has 1 aromatic carbocycles. The van der Waals surface area contributed by atoms with Crippen LogP contribution in [0.4, 0.5) is 10.2 Å². The lowest BCUT2D eigenvalue weighted by Crippen LogP contribution is -2.01. The van der Waals surface area contributed by atoms with Crippen LogP contribution in [0.5, 0.6) is 11.6 Å². The lowest BCUT2D eigenvalue weighted by molar-refractivity contribution is 0.310. The molecule has 0 bridgehead atoms. The second-order valence-electron chi connectivity index (χ2n) is 5.34. The predicted molar refractivity (Wildman–Crippen MR) is 95.1 cm³/mol. The number of nitrogens with zero attached hydrogens (tertiary/aromatic N) is 5. The molecular weight excluding hydrogens is 407 g/mol. The van der Waals surface area contributed by atoms with Crippen LogP contribution in [0.3, 0.4) is 0 Å². The Labute approximate surface area is 154 Å². The van der Waals surface area contributed by atoms with E-state index < -0.39 is 0 Å². The van der Waals surface area contributed by atoms with Gasteiger partial charge in [-0.1, -0.05) is 0 Å². The summed E-state index contributed by atoms with van der Waals surface area (Å²) in [6, 6.07) is 5.68. The second-order valence-corrected chi connectivity index (χ2v) is 6.14. The van der Waals surface area contributed by atoms with Crippen LogP contribution in [0, 0.1) is 5.82 Å². The molecule has 3 aromatic heterocycles. The minimum Gasteiger partial charge on any atom is -0.438 e. The molecule has 0 spiro atoms. The summed E-state index contributed by atoms with van der Waals surface area (Å²) in [6.07, 6.45) is 1.58. The molecule has 0 fully saturated rings. The Morgan fingerprint density at radius 3 is 2.69 bits per heavy atom. The zero-order valence-corrected chi connectivity index (χ0v) is 15.1. The van der Waals surface area contributed by atoms with Gasteiger partial charge in [0.25, 0.3) is 0 Å². The summed E-state index contributed by atoms with van der Waals surface area (Å²) in [7, 11) is 0. The molecule has 132 valence electrons. The molecule has 0 atom stereocenters. The van der Waals surface area contributed by atoms with Gasteiger partial charge < -0.3 is 15.0 Å². The van der Waals surface area contributed by atoms with Crippen molar-refractivity contribution in [3.8, 4) is 23.1 Å². The number of benzene rings is 1. The first-order chi connectivity index (χ1) is 12.6. The highest BCUT2D eigenvalue weighted by Gasteiger charge is 2.22. The number of nitrogen functional groups attached to an aromatic ring is 1. The molecule has 4 aromatic rings. The summed E-state index contributed by atoms with van der Waals surface area (Å²) in [4.78, 5) is 8.82. The zero-order valence-electron chi connectivity index (χ0n) is 13.5. The number of nitrogens with two attached hydrogens (primary N) is 1. The Hall–Kier alpha value is -3.01. The molecule has 0 saturated heterocycles. The van der Waals surface area contributed by atoms with Crippen molar-refractivity contribution in [1.29, 1.82) is 0 Å². The van der Waals surface area contributed by atoms with E-state index in [1.165, 1.54) is 24.3 Å². The predicted octanol–water partition coefficient (Wildman–Crippen LogP) is 3.78. The molecule has 0 aliphatic rings. The van der Waals surface area contributed by atoms with Crippen LogP contribution in [-0.2, 0) is 6.54 Å². The molecule has 8 nitrogen and oxygen atoms in total. The third kappa shape index (κ3) is 2.68. The average Bonchev–Trinajstić information content (AvgIpc) is 3.22. The fourth-order valence-corrected chi connectivity index (χ4v) is 3.20. The number of aryl methyl sites for hydroxylation is 1. The van der Waals surface area contributed by atoms with Crippen molar-refractivity contribution in [2.75, 3.05) is 5.73 Å². The molecule has 3 heterocycles. The number of hydrogen-bond acceptors (Lipinski definition) is 7. The van der Waals surface area contributed by atoms with Gasteiger partial charge in [0.1, 0.15) is 21.6 Å². The van der Waals surface area contributed by atoms with Crippen molar-refractivity contribution in [3.05, 3.63) is 40.8 Å². The van der Waals surface area contributed by atoms with Crippen molar-refractivity contribution in [3.63, 3.8) is 0 Å². The SMILES string of the molecule is CCn1c(-c2nonc2N)nc2cnc(Oc3ccc(F)cc3)c(Br)c21. The van der Waals surface area contributed by atoms with Gasteiger partial charge in [-0.3, -0.25) is 0 Å². The third-order valence-corrected chi connectivity index (χ3v) is 4.48. The van der Waals surface area contributed by atoms with E-state index in [9.17, 15) is 4.39 Å². The molecule has 0 aliphatic heterocycles. The minimum atomic E-state index is -0.340. The Bertz CT molecular complexity index is 1090. The molecule has 0 unspecified atom stereocenters. The Kier molecular flexibility index (Phi) is 4.03. The van der Waals surface area contributed by atoms with E-state index in [4.69, 9.17) is 10.5 Å². The Morgan fingerprint density at radius 1 is 1.27 bits per heavy atom. The van der Waals surface area contributed by atoms with Crippen molar-refractivity contribution in [1.82, 2.24) is 24.8 Å². The fourth-order valence-electron chi connectivity index (χ4n) is 2.59. The van der Waals surface area contributed by atoms with Gasteiger partial charge in [-0.05, 0) is 57.4 Å². The topological polar surface area (TPSA) is 105 Å². The summed E-state index contributed by atoms with van der Waals surface area (Å²) >= 11 is 3.53. The highest BCUT2D eigenvalue weighted by atomic mass is 79.9. The number of imidazole rings is 1. The maximum Gasteiger partial charge on any atom is 0.235 e. The Balaban J connectivity index is 1.84. The molecule has 10 heteroatoms. The number of fused-ring (bicyclic) bond motifs is 1. The first kappa shape index (κ1) is 16.5. The number of anilines is 1. The molecule has 0 saturated carbocycles. The van der Waals surface area contributed by atoms with Crippen LogP contribution in [0.2, 0.25) is 0 Å². The molecule has 2 N–H and O–H groups in total. The van der Waals surface area contributed by atoms with Crippen LogP contribution < -0.4 is 10.5 Å². The number of pyridine rings is 1. The van der Waals surface area contributed by atoms with Crippen molar-refractivity contribution in [2.45, 2.75) is 13.5 Å². The Morgan fingerprint density at radius 2 is 2.04 bits per heavy atom. The smallest absolute Gasteiger partial charge is 0.235 e. The van der Waals surface area contributed by atoms with E-state index in [-0.39, 0.29) is 11.6 Å². The van der Waals surface area contributed by atoms with E-state index in [2.05, 4.69) is 40.8 Å². The van der Waals surface area contributed by atoms with Crippen LogP contribution in [-0.4, -0.2) is 24.8 Å². The van der Waals surface area contributed by atoms with E-state index in [0.717, 1.165) is 5.52 Å². The van der Waals surface area contributed by atoms with Gasteiger partial charge in [0.05, 0.1) is 11.7 Å². The average molecular weight is 419 g/mol. The molecular formula is C16H12BrFN6O2. The maximum absolute atomic E-state index is 13.1. The number of aromatic nitrogens is 5. The highest BCUT2D eigenvalue weighted by molar-refractivity contribution is 9.10. The quantitative estimate of drug-likeness (QED) is 0.537. The van der Waals surface area contributed by atoms with Crippen LogP contribution in [0.15, 0.2) is 39.6 Å². The normalized spacial score (nSPS) is 11.2. The summed E-state index contributed by atoms with van der Waals surface area (Å²) < 4.78 is 26.0. The summed E-state index contributed by atoms with van der Waals surface area (Å²) in [5, 5.41) is 7.42. The van der Waals surface area contributed by atoms with Gasteiger partial charge in [0.2, 0.25) is 5.88 Å². The number of halogens is 2. The summed E-state index contributed by atoms with van der Waals surface area (Å²) in [5.74, 6) is 1.13. The summed E-state index contributed by atoms with van der Waals surface area (Å²) in [6.45, 7) is 2.55. The van der Waals surface area contributed by atoms with Crippen LogP contribution in [0.1, 0.15) is 6.92 Å². The van der Waals surface area contributed by atoms with Gasteiger partial charge in [-0.2, -0.15) is 0 Å². The van der Waals surface area contributed by atoms with E-state index in [1.54, 1.807) is 6.20 Å². The largest absolute Gasteiger partial charge is 0.438 e. The van der Waals surface area contributed by atoms with Gasteiger partial charge in [0.15, 0.2) is 17.3 Å². The lowest BCUT2D eigenvalue weighted by atomic mass is 10.3. The van der Waals surface area contributed by atoms with Gasteiger partial charge in [-0.25, -0.2) is 19.0 Å². The fraction of sp³-hybridized carbons (Fsp3) is 0.125. The van der Waals surface area contributed by atoms with E-state index in [0.29, 0.717) is 39.7 Å².